The van der Waals surface area contributed by atoms with Gasteiger partial charge < -0.3 is 25.5 Å². The number of fused-ring (bicyclic) bond motifs is 1. The summed E-state index contributed by atoms with van der Waals surface area (Å²) < 4.78 is 0. The number of amides is 2. The van der Waals surface area contributed by atoms with E-state index in [4.69, 9.17) is 4.98 Å². The van der Waals surface area contributed by atoms with Crippen LogP contribution >= 0.6 is 0 Å². The van der Waals surface area contributed by atoms with E-state index in [9.17, 15) is 19.5 Å². The van der Waals surface area contributed by atoms with Crippen LogP contribution in [0, 0.1) is 5.92 Å². The predicted octanol–water partition coefficient (Wildman–Crippen LogP) is 3.23. The Balaban J connectivity index is 1.22. The molecule has 0 aromatic carbocycles. The minimum absolute atomic E-state index is 0.00327. The predicted molar refractivity (Wildman–Crippen MR) is 147 cm³/mol. The SMILES string of the molecule is CCCCC(=O)N1CCCC[C@H]1C(=O)NC(CCN1CC[C@@H](CCc2ccc3c(n2)NCCC3)C1)C(=O)O. The number of aliphatic carboxylic acids is 1. The Labute approximate surface area is 226 Å². The van der Waals surface area contributed by atoms with Crippen LogP contribution in [-0.2, 0) is 27.2 Å². The summed E-state index contributed by atoms with van der Waals surface area (Å²) in [4.78, 5) is 46.5. The second kappa shape index (κ2) is 13.9. The van der Waals surface area contributed by atoms with Crippen LogP contribution in [0.25, 0.3) is 0 Å². The van der Waals surface area contributed by atoms with E-state index in [1.807, 2.05) is 6.92 Å². The van der Waals surface area contributed by atoms with Gasteiger partial charge in [0.2, 0.25) is 11.8 Å². The standard InChI is InChI=1S/C29H45N5O4/c1-2-3-9-26(35)34-17-5-4-8-25(34)28(36)32-24(29(37)38)15-19-33-18-14-21(20-33)10-12-23-13-11-22-7-6-16-30-27(22)31-23/h11,13,21,24-25H,2-10,12,14-20H2,1H3,(H,30,31)(H,32,36)(H,37,38)/t21-,24?,25+/m1/s1. The number of hydrogen-bond donors (Lipinski definition) is 3. The number of nitrogens with one attached hydrogen (secondary N) is 2. The van der Waals surface area contributed by atoms with Crippen LogP contribution in [-0.4, -0.2) is 82.5 Å². The number of carboxylic acid groups (broad SMARTS) is 1. The van der Waals surface area contributed by atoms with Crippen molar-refractivity contribution in [3.63, 3.8) is 0 Å². The van der Waals surface area contributed by atoms with E-state index in [1.54, 1.807) is 4.90 Å². The van der Waals surface area contributed by atoms with Gasteiger partial charge in [-0.2, -0.15) is 0 Å². The summed E-state index contributed by atoms with van der Waals surface area (Å²) >= 11 is 0. The normalized spacial score (nSPS) is 22.4. The number of nitrogens with zero attached hydrogens (tertiary/aromatic N) is 3. The first-order valence-electron chi connectivity index (χ1n) is 14.7. The largest absolute Gasteiger partial charge is 0.480 e. The molecule has 2 saturated heterocycles. The molecule has 2 amide bonds. The fourth-order valence-electron chi connectivity index (χ4n) is 6.02. The van der Waals surface area contributed by atoms with E-state index >= 15 is 0 Å². The van der Waals surface area contributed by atoms with Crippen molar-refractivity contribution in [3.8, 4) is 0 Å². The average Bonchev–Trinajstić information content (AvgIpc) is 3.40. The maximum atomic E-state index is 13.1. The Bertz CT molecular complexity index is 970. The molecular weight excluding hydrogens is 482 g/mol. The van der Waals surface area contributed by atoms with Crippen LogP contribution in [0.4, 0.5) is 5.82 Å². The third kappa shape index (κ3) is 7.68. The number of hydrogen-bond acceptors (Lipinski definition) is 6. The van der Waals surface area contributed by atoms with Gasteiger partial charge in [0.1, 0.15) is 17.9 Å². The van der Waals surface area contributed by atoms with Crippen molar-refractivity contribution in [2.24, 2.45) is 5.92 Å². The molecule has 0 aliphatic carbocycles. The van der Waals surface area contributed by atoms with Crippen molar-refractivity contribution in [3.05, 3.63) is 23.4 Å². The third-order valence-electron chi connectivity index (χ3n) is 8.35. The molecule has 9 heteroatoms. The summed E-state index contributed by atoms with van der Waals surface area (Å²) in [6, 6.07) is 2.87. The highest BCUT2D eigenvalue weighted by molar-refractivity contribution is 5.90. The first-order chi connectivity index (χ1) is 18.4. The first-order valence-corrected chi connectivity index (χ1v) is 14.7. The van der Waals surface area contributed by atoms with E-state index in [0.717, 1.165) is 88.9 Å². The number of pyridine rings is 1. The number of carbonyl (C=O) groups is 3. The Morgan fingerprint density at radius 2 is 2.05 bits per heavy atom. The van der Waals surface area contributed by atoms with Gasteiger partial charge in [-0.3, -0.25) is 9.59 Å². The minimum Gasteiger partial charge on any atom is -0.480 e. The molecule has 1 unspecified atom stereocenters. The highest BCUT2D eigenvalue weighted by Gasteiger charge is 2.34. The molecule has 0 spiro atoms. The second-order valence-corrected chi connectivity index (χ2v) is 11.2. The molecule has 9 nitrogen and oxygen atoms in total. The lowest BCUT2D eigenvalue weighted by Gasteiger charge is -2.35. The molecule has 2 fully saturated rings. The Morgan fingerprint density at radius 1 is 1.18 bits per heavy atom. The van der Waals surface area contributed by atoms with Crippen LogP contribution in [0.15, 0.2) is 12.1 Å². The van der Waals surface area contributed by atoms with Crippen molar-refractivity contribution in [2.75, 3.05) is 38.0 Å². The van der Waals surface area contributed by atoms with Crippen LogP contribution in [0.1, 0.15) is 82.4 Å². The van der Waals surface area contributed by atoms with Crippen molar-refractivity contribution in [1.29, 1.82) is 0 Å². The summed E-state index contributed by atoms with van der Waals surface area (Å²) in [6.07, 6.45) is 10.3. The highest BCUT2D eigenvalue weighted by atomic mass is 16.4. The van der Waals surface area contributed by atoms with Gasteiger partial charge in [-0.15, -0.1) is 0 Å². The average molecular weight is 528 g/mol. The maximum Gasteiger partial charge on any atom is 0.326 e. The number of aryl methyl sites for hydroxylation is 2. The van der Waals surface area contributed by atoms with Crippen molar-refractivity contribution in [1.82, 2.24) is 20.1 Å². The van der Waals surface area contributed by atoms with Crippen molar-refractivity contribution < 1.29 is 19.5 Å². The molecule has 0 saturated carbocycles. The molecule has 3 aliphatic rings. The summed E-state index contributed by atoms with van der Waals surface area (Å²) in [7, 11) is 0. The van der Waals surface area contributed by atoms with Gasteiger partial charge in [0.15, 0.2) is 0 Å². The number of unbranched alkanes of at least 4 members (excludes halogenated alkanes) is 1. The maximum absolute atomic E-state index is 13.1. The van der Waals surface area contributed by atoms with E-state index in [0.29, 0.717) is 38.3 Å². The molecule has 4 rings (SSSR count). The first kappa shape index (κ1) is 28.3. The van der Waals surface area contributed by atoms with Crippen LogP contribution in [0.5, 0.6) is 0 Å². The van der Waals surface area contributed by atoms with Crippen LogP contribution < -0.4 is 10.6 Å². The molecule has 3 atom stereocenters. The van der Waals surface area contributed by atoms with Gasteiger partial charge in [-0.05, 0) is 88.3 Å². The van der Waals surface area contributed by atoms with E-state index < -0.39 is 18.1 Å². The lowest BCUT2D eigenvalue weighted by Crippen LogP contribution is -2.55. The second-order valence-electron chi connectivity index (χ2n) is 11.2. The lowest BCUT2D eigenvalue weighted by atomic mass is 9.99. The number of aromatic nitrogens is 1. The Morgan fingerprint density at radius 3 is 2.87 bits per heavy atom. The topological polar surface area (TPSA) is 115 Å². The molecule has 0 radical (unpaired) electrons. The third-order valence-corrected chi connectivity index (χ3v) is 8.35. The van der Waals surface area contributed by atoms with E-state index in [-0.39, 0.29) is 11.8 Å². The zero-order valence-electron chi connectivity index (χ0n) is 22.9. The molecule has 3 aliphatic heterocycles. The number of likely N-dealkylation sites (tertiary alicyclic amines) is 2. The van der Waals surface area contributed by atoms with Gasteiger partial charge >= 0.3 is 5.97 Å². The monoisotopic (exact) mass is 527 g/mol. The minimum atomic E-state index is -1.01. The number of piperidine rings is 1. The summed E-state index contributed by atoms with van der Waals surface area (Å²) in [5.74, 6) is 0.284. The molecule has 3 N–H and O–H groups in total. The van der Waals surface area contributed by atoms with Gasteiger partial charge in [0, 0.05) is 38.3 Å². The zero-order valence-corrected chi connectivity index (χ0v) is 22.9. The molecule has 0 bridgehead atoms. The number of anilines is 1. The number of carbonyl (C=O) groups excluding carboxylic acids is 2. The quantitative estimate of drug-likeness (QED) is 0.382. The Kier molecular flexibility index (Phi) is 10.4. The number of rotatable bonds is 12. The van der Waals surface area contributed by atoms with Gasteiger partial charge in [-0.1, -0.05) is 19.4 Å². The summed E-state index contributed by atoms with van der Waals surface area (Å²) in [5.41, 5.74) is 2.45. The van der Waals surface area contributed by atoms with Crippen molar-refractivity contribution in [2.45, 2.75) is 96.1 Å². The summed E-state index contributed by atoms with van der Waals surface area (Å²) in [5, 5.41) is 16.0. The van der Waals surface area contributed by atoms with E-state index in [1.165, 1.54) is 5.56 Å². The van der Waals surface area contributed by atoms with E-state index in [2.05, 4.69) is 27.7 Å². The highest BCUT2D eigenvalue weighted by Crippen LogP contribution is 2.24. The molecule has 1 aromatic heterocycles. The van der Waals surface area contributed by atoms with Gasteiger partial charge in [-0.25, -0.2) is 9.78 Å². The van der Waals surface area contributed by atoms with Crippen LogP contribution in [0.3, 0.4) is 0 Å². The molecule has 4 heterocycles. The number of carboxylic acids is 1. The fraction of sp³-hybridized carbons (Fsp3) is 0.724. The fourth-order valence-corrected chi connectivity index (χ4v) is 6.02. The molecule has 38 heavy (non-hydrogen) atoms. The Hall–Kier alpha value is -2.68. The van der Waals surface area contributed by atoms with Crippen molar-refractivity contribution >= 4 is 23.6 Å². The van der Waals surface area contributed by atoms with Gasteiger partial charge in [0.05, 0.1) is 0 Å². The smallest absolute Gasteiger partial charge is 0.326 e. The molecular formula is C29H45N5O4. The van der Waals surface area contributed by atoms with Crippen LogP contribution in [0.2, 0.25) is 0 Å². The molecule has 1 aromatic rings. The summed E-state index contributed by atoms with van der Waals surface area (Å²) in [6.45, 7) is 6.15. The lowest BCUT2D eigenvalue weighted by molar-refractivity contribution is -0.146. The molecule has 210 valence electrons. The zero-order chi connectivity index (χ0) is 26.9. The van der Waals surface area contributed by atoms with Gasteiger partial charge in [0.25, 0.3) is 0 Å².